The molecule has 2 rings (SSSR count). The number of benzene rings is 2. The predicted octanol–water partition coefficient (Wildman–Crippen LogP) is 3.16. The van der Waals surface area contributed by atoms with Gasteiger partial charge < -0.3 is 14.2 Å². The highest BCUT2D eigenvalue weighted by Gasteiger charge is 2.13. The Morgan fingerprint density at radius 2 is 1.81 bits per heavy atom. The molecule has 26 heavy (non-hydrogen) atoms. The van der Waals surface area contributed by atoms with Gasteiger partial charge in [-0.3, -0.25) is 9.59 Å². The first-order chi connectivity index (χ1) is 12.4. The van der Waals surface area contributed by atoms with Crippen LogP contribution < -0.4 is 19.6 Å². The molecular weight excluding hydrogens is 404 g/mol. The molecule has 0 aliphatic rings. The molecule has 0 saturated carbocycles. The number of hydrazone groups is 1. The Labute approximate surface area is 159 Å². The number of methoxy groups -OCH3 is 2. The first-order valence-electron chi connectivity index (χ1n) is 7.48. The second kappa shape index (κ2) is 9.00. The summed E-state index contributed by atoms with van der Waals surface area (Å²) in [5, 5.41) is 3.93. The minimum absolute atomic E-state index is 0.277. The van der Waals surface area contributed by atoms with E-state index in [1.807, 2.05) is 0 Å². The second-order valence-electron chi connectivity index (χ2n) is 5.06. The van der Waals surface area contributed by atoms with E-state index in [0.717, 1.165) is 0 Å². The van der Waals surface area contributed by atoms with Crippen LogP contribution in [0.25, 0.3) is 0 Å². The Morgan fingerprint density at radius 1 is 1.12 bits per heavy atom. The minimum Gasteiger partial charge on any atom is -0.497 e. The average molecular weight is 421 g/mol. The molecule has 0 aromatic heterocycles. The van der Waals surface area contributed by atoms with Crippen molar-refractivity contribution in [2.24, 2.45) is 5.10 Å². The zero-order chi connectivity index (χ0) is 19.1. The van der Waals surface area contributed by atoms with Crippen LogP contribution in [0.1, 0.15) is 22.8 Å². The molecule has 0 fully saturated rings. The van der Waals surface area contributed by atoms with Crippen LogP contribution in [0.4, 0.5) is 0 Å². The summed E-state index contributed by atoms with van der Waals surface area (Å²) in [6.45, 7) is 1.30. The number of hydrogen-bond donors (Lipinski definition) is 1. The lowest BCUT2D eigenvalue weighted by Gasteiger charge is -2.10. The van der Waals surface area contributed by atoms with Crippen molar-refractivity contribution in [3.8, 4) is 17.2 Å². The molecule has 0 radical (unpaired) electrons. The van der Waals surface area contributed by atoms with E-state index in [4.69, 9.17) is 14.2 Å². The summed E-state index contributed by atoms with van der Waals surface area (Å²) < 4.78 is 15.9. The number of nitrogens with zero attached hydrogens (tertiary/aromatic N) is 1. The van der Waals surface area contributed by atoms with Crippen molar-refractivity contribution in [1.29, 1.82) is 0 Å². The summed E-state index contributed by atoms with van der Waals surface area (Å²) in [6, 6.07) is 9.97. The van der Waals surface area contributed by atoms with Gasteiger partial charge in [-0.2, -0.15) is 5.10 Å². The van der Waals surface area contributed by atoms with Crippen molar-refractivity contribution in [3.63, 3.8) is 0 Å². The van der Waals surface area contributed by atoms with Gasteiger partial charge in [-0.05, 0) is 57.9 Å². The van der Waals surface area contributed by atoms with E-state index < -0.39 is 5.97 Å². The van der Waals surface area contributed by atoms with Crippen molar-refractivity contribution >= 4 is 34.0 Å². The number of amides is 1. The van der Waals surface area contributed by atoms with Crippen LogP contribution in [0.2, 0.25) is 0 Å². The predicted molar refractivity (Wildman–Crippen MR) is 100 cm³/mol. The molecule has 1 amide bonds. The fraction of sp³-hybridized carbons (Fsp3) is 0.167. The molecule has 0 spiro atoms. The summed E-state index contributed by atoms with van der Waals surface area (Å²) in [7, 11) is 3.01. The largest absolute Gasteiger partial charge is 0.497 e. The smallest absolute Gasteiger partial charge is 0.308 e. The molecule has 1 N–H and O–H groups in total. The zero-order valence-electron chi connectivity index (χ0n) is 14.4. The number of ether oxygens (including phenoxy) is 3. The van der Waals surface area contributed by atoms with E-state index in [0.29, 0.717) is 27.1 Å². The SMILES string of the molecule is COc1ccc(C(=O)N/N=C\c2cc(Br)c(OC(C)=O)c(OC)c2)cc1. The molecule has 0 saturated heterocycles. The maximum absolute atomic E-state index is 12.0. The van der Waals surface area contributed by atoms with E-state index in [-0.39, 0.29) is 11.7 Å². The number of halogens is 1. The van der Waals surface area contributed by atoms with Gasteiger partial charge in [-0.15, -0.1) is 0 Å². The lowest BCUT2D eigenvalue weighted by Crippen LogP contribution is -2.17. The highest BCUT2D eigenvalue weighted by molar-refractivity contribution is 9.10. The van der Waals surface area contributed by atoms with Crippen LogP contribution in [0.3, 0.4) is 0 Å². The molecule has 0 atom stereocenters. The summed E-state index contributed by atoms with van der Waals surface area (Å²) in [5.74, 6) is 0.482. The number of esters is 1. The van der Waals surface area contributed by atoms with Gasteiger partial charge in [0.15, 0.2) is 11.5 Å². The van der Waals surface area contributed by atoms with E-state index >= 15 is 0 Å². The van der Waals surface area contributed by atoms with Crippen LogP contribution in [0.15, 0.2) is 46.0 Å². The van der Waals surface area contributed by atoms with Crippen LogP contribution in [0.5, 0.6) is 17.2 Å². The number of hydrogen-bond acceptors (Lipinski definition) is 6. The summed E-state index contributed by atoms with van der Waals surface area (Å²) >= 11 is 3.32. The van der Waals surface area contributed by atoms with Gasteiger partial charge in [0.05, 0.1) is 24.9 Å². The van der Waals surface area contributed by atoms with Crippen molar-refractivity contribution in [3.05, 3.63) is 52.0 Å². The van der Waals surface area contributed by atoms with Crippen LogP contribution in [-0.4, -0.2) is 32.3 Å². The van der Waals surface area contributed by atoms with Crippen molar-refractivity contribution in [2.75, 3.05) is 14.2 Å². The van der Waals surface area contributed by atoms with Gasteiger partial charge in [0.2, 0.25) is 0 Å². The summed E-state index contributed by atoms with van der Waals surface area (Å²) in [6.07, 6.45) is 1.45. The fourth-order valence-corrected chi connectivity index (χ4v) is 2.57. The number of carbonyl (C=O) groups excluding carboxylic acids is 2. The summed E-state index contributed by atoms with van der Waals surface area (Å²) in [5.41, 5.74) is 3.53. The number of carbonyl (C=O) groups is 2. The lowest BCUT2D eigenvalue weighted by atomic mass is 10.2. The van der Waals surface area contributed by atoms with Crippen molar-refractivity contribution in [2.45, 2.75) is 6.92 Å². The van der Waals surface area contributed by atoms with Gasteiger partial charge in [0.25, 0.3) is 5.91 Å². The third kappa shape index (κ3) is 5.06. The molecule has 2 aromatic carbocycles. The van der Waals surface area contributed by atoms with Gasteiger partial charge in [0.1, 0.15) is 5.75 Å². The van der Waals surface area contributed by atoms with Gasteiger partial charge in [0, 0.05) is 12.5 Å². The molecule has 0 aliphatic heterocycles. The van der Waals surface area contributed by atoms with E-state index in [1.54, 1.807) is 43.5 Å². The van der Waals surface area contributed by atoms with E-state index in [9.17, 15) is 9.59 Å². The van der Waals surface area contributed by atoms with E-state index in [2.05, 4.69) is 26.5 Å². The minimum atomic E-state index is -0.461. The van der Waals surface area contributed by atoms with Crippen LogP contribution in [-0.2, 0) is 4.79 Å². The molecule has 8 heteroatoms. The summed E-state index contributed by atoms with van der Waals surface area (Å²) in [4.78, 5) is 23.2. The number of rotatable bonds is 6. The molecule has 0 unspecified atom stereocenters. The van der Waals surface area contributed by atoms with Crippen LogP contribution in [0, 0.1) is 0 Å². The third-order valence-electron chi connectivity index (χ3n) is 3.23. The Hall–Kier alpha value is -2.87. The Kier molecular flexibility index (Phi) is 6.74. The first-order valence-corrected chi connectivity index (χ1v) is 8.27. The Bertz CT molecular complexity index is 834. The quantitative estimate of drug-likeness (QED) is 0.335. The molecule has 136 valence electrons. The van der Waals surface area contributed by atoms with Gasteiger partial charge >= 0.3 is 5.97 Å². The Morgan fingerprint density at radius 3 is 2.38 bits per heavy atom. The fourth-order valence-electron chi connectivity index (χ4n) is 2.03. The molecule has 0 heterocycles. The normalized spacial score (nSPS) is 10.5. The average Bonchev–Trinajstić information content (AvgIpc) is 2.63. The van der Waals surface area contributed by atoms with Crippen LogP contribution >= 0.6 is 15.9 Å². The van der Waals surface area contributed by atoms with Crippen molar-refractivity contribution < 1.29 is 23.8 Å². The maximum Gasteiger partial charge on any atom is 0.308 e. The topological polar surface area (TPSA) is 86.2 Å². The van der Waals surface area contributed by atoms with Crippen molar-refractivity contribution in [1.82, 2.24) is 5.43 Å². The first kappa shape index (κ1) is 19.5. The Balaban J connectivity index is 2.10. The lowest BCUT2D eigenvalue weighted by molar-refractivity contribution is -0.132. The molecule has 0 bridgehead atoms. The zero-order valence-corrected chi connectivity index (χ0v) is 16.0. The van der Waals surface area contributed by atoms with Gasteiger partial charge in [-0.1, -0.05) is 0 Å². The maximum atomic E-state index is 12.0. The second-order valence-corrected chi connectivity index (χ2v) is 5.91. The monoisotopic (exact) mass is 420 g/mol. The van der Waals surface area contributed by atoms with Gasteiger partial charge in [-0.25, -0.2) is 5.43 Å². The highest BCUT2D eigenvalue weighted by Crippen LogP contribution is 2.36. The number of nitrogens with one attached hydrogen (secondary N) is 1. The molecule has 2 aromatic rings. The molecule has 7 nitrogen and oxygen atoms in total. The third-order valence-corrected chi connectivity index (χ3v) is 3.82. The molecular formula is C18H17BrN2O5. The molecule has 0 aliphatic carbocycles. The van der Waals surface area contributed by atoms with E-state index in [1.165, 1.54) is 20.2 Å². The standard InChI is InChI=1S/C18H17BrN2O5/c1-11(22)26-17-15(19)8-12(9-16(17)25-3)10-20-21-18(23)13-4-6-14(24-2)7-5-13/h4-10H,1-3H3,(H,21,23)/b20-10-. The highest BCUT2D eigenvalue weighted by atomic mass is 79.9.